The number of benzene rings is 1. The number of rotatable bonds is 8. The Morgan fingerprint density at radius 3 is 2.51 bits per heavy atom. The topological polar surface area (TPSA) is 195 Å². The molecule has 3 saturated carbocycles. The maximum atomic E-state index is 14.6. The monoisotopic (exact) mass is 820 g/mol. The van der Waals surface area contributed by atoms with Gasteiger partial charge in [0.1, 0.15) is 35.2 Å². The van der Waals surface area contributed by atoms with Gasteiger partial charge < -0.3 is 29.7 Å². The fraction of sp³-hybridized carbons (Fsp3) is 0.692. The normalized spacial score (nSPS) is 29.0. The third kappa shape index (κ3) is 9.86. The standard InChI is InChI=1S/C39H54F2N6O9S/c1-21-20-55-34-27(42-26-15-12-24(54-6)18-28(26)43-34)11-9-7-8-10-22-16-29(22)56-37(51)44-32(38(2,3)4)35(49)47(5)31(21)33(48)45-39(19-23(39)17-30(40)41)36(50)46-57(52,53)25-13-14-25/h12,15,18,21-23,25,29-32H,7-11,13-14,16-17,19-20H2,1-6H3,(H,44,51)(H,45,48)(H,46,50). The Morgan fingerprint density at radius 1 is 1.11 bits per heavy atom. The number of likely N-dealkylation sites (N-methyl/N-ethyl adjacent to an activating group) is 1. The van der Waals surface area contributed by atoms with Crippen LogP contribution in [-0.2, 0) is 35.6 Å². The summed E-state index contributed by atoms with van der Waals surface area (Å²) >= 11 is 0. The zero-order chi connectivity index (χ0) is 41.4. The van der Waals surface area contributed by atoms with E-state index in [1.165, 1.54) is 14.2 Å². The molecule has 7 atom stereocenters. The fourth-order valence-corrected chi connectivity index (χ4v) is 9.06. The van der Waals surface area contributed by atoms with E-state index in [1.807, 2.05) is 4.72 Å². The van der Waals surface area contributed by atoms with E-state index >= 15 is 0 Å². The number of carbonyl (C=O) groups excluding carboxylic acids is 4. The Bertz CT molecular complexity index is 1980. The molecule has 57 heavy (non-hydrogen) atoms. The largest absolute Gasteiger partial charge is 0.497 e. The summed E-state index contributed by atoms with van der Waals surface area (Å²) in [6.45, 7) is 6.68. The number of fused-ring (bicyclic) bond motifs is 3. The number of alkyl halides is 2. The van der Waals surface area contributed by atoms with E-state index in [4.69, 9.17) is 24.2 Å². The number of aryl methyl sites for hydroxylation is 1. The molecule has 3 aliphatic carbocycles. The fourth-order valence-electron chi connectivity index (χ4n) is 7.69. The highest BCUT2D eigenvalue weighted by Crippen LogP contribution is 2.48. The summed E-state index contributed by atoms with van der Waals surface area (Å²) in [5, 5.41) is 4.54. The van der Waals surface area contributed by atoms with Crippen LogP contribution in [0.1, 0.15) is 91.2 Å². The second kappa shape index (κ2) is 16.5. The first-order chi connectivity index (χ1) is 26.8. The Hall–Kier alpha value is -4.35. The summed E-state index contributed by atoms with van der Waals surface area (Å²) in [5.41, 5.74) is -1.10. The van der Waals surface area contributed by atoms with E-state index in [9.17, 15) is 36.4 Å². The summed E-state index contributed by atoms with van der Waals surface area (Å²) < 4.78 is 72.4. The molecule has 0 spiro atoms. The van der Waals surface area contributed by atoms with Gasteiger partial charge in [0, 0.05) is 25.5 Å². The van der Waals surface area contributed by atoms with Crippen molar-refractivity contribution in [1.29, 1.82) is 0 Å². The van der Waals surface area contributed by atoms with Gasteiger partial charge in [0.25, 0.3) is 5.91 Å². The van der Waals surface area contributed by atoms with Crippen molar-refractivity contribution in [2.45, 2.75) is 127 Å². The van der Waals surface area contributed by atoms with Crippen molar-refractivity contribution in [2.75, 3.05) is 20.8 Å². The summed E-state index contributed by atoms with van der Waals surface area (Å²) in [6, 6.07) is 2.71. The Morgan fingerprint density at radius 2 is 1.84 bits per heavy atom. The van der Waals surface area contributed by atoms with Crippen LogP contribution in [0.5, 0.6) is 11.6 Å². The number of ether oxygens (including phenoxy) is 3. The average Bonchev–Trinajstić information content (AvgIpc) is 4.03. The molecule has 7 unspecified atom stereocenters. The van der Waals surface area contributed by atoms with Gasteiger partial charge in [-0.05, 0) is 74.3 Å². The van der Waals surface area contributed by atoms with Crippen LogP contribution < -0.4 is 24.8 Å². The molecule has 2 heterocycles. The van der Waals surface area contributed by atoms with Crippen LogP contribution in [-0.4, -0.2) is 103 Å². The molecule has 0 bridgehead atoms. The zero-order valence-corrected chi connectivity index (χ0v) is 34.1. The summed E-state index contributed by atoms with van der Waals surface area (Å²) in [7, 11) is -1.19. The lowest BCUT2D eigenvalue weighted by atomic mass is 9.85. The van der Waals surface area contributed by atoms with Gasteiger partial charge in [0.15, 0.2) is 0 Å². The SMILES string of the molecule is COc1ccc2nc3c(nc2c1)OCC(C)C(C(=O)NC1(C(=O)NS(=O)(=O)C2CC2)CC1CC(F)F)N(C)C(=O)C(C(C)(C)C)NC(=O)OC1CC1CCCCC3. The first-order valence-corrected chi connectivity index (χ1v) is 21.2. The van der Waals surface area contributed by atoms with E-state index < -0.39 is 86.8 Å². The average molecular weight is 821 g/mol. The van der Waals surface area contributed by atoms with E-state index in [1.54, 1.807) is 45.9 Å². The number of hydrogen-bond acceptors (Lipinski definition) is 11. The molecule has 1 aromatic heterocycles. The van der Waals surface area contributed by atoms with E-state index in [0.717, 1.165) is 30.6 Å². The van der Waals surface area contributed by atoms with Crippen LogP contribution in [0.2, 0.25) is 0 Å². The quantitative estimate of drug-likeness (QED) is 0.344. The molecular formula is C39H54F2N6O9S. The van der Waals surface area contributed by atoms with Crippen molar-refractivity contribution >= 4 is 44.9 Å². The van der Waals surface area contributed by atoms with Crippen LogP contribution in [0.15, 0.2) is 18.2 Å². The molecule has 314 valence electrons. The van der Waals surface area contributed by atoms with Gasteiger partial charge in [0.2, 0.25) is 34.1 Å². The second-order valence-electron chi connectivity index (χ2n) is 17.2. The molecule has 6 rings (SSSR count). The van der Waals surface area contributed by atoms with Gasteiger partial charge in [0.05, 0.1) is 30.0 Å². The lowest BCUT2D eigenvalue weighted by Gasteiger charge is -2.38. The molecule has 1 aromatic carbocycles. The number of nitrogens with one attached hydrogen (secondary N) is 3. The highest BCUT2D eigenvalue weighted by molar-refractivity contribution is 7.91. The number of nitrogens with zero attached hydrogens (tertiary/aromatic N) is 3. The molecule has 18 heteroatoms. The Kier molecular flexibility index (Phi) is 12.2. The summed E-state index contributed by atoms with van der Waals surface area (Å²) in [5.74, 6) is -3.59. The highest BCUT2D eigenvalue weighted by Gasteiger charge is 2.63. The van der Waals surface area contributed by atoms with Crippen molar-refractivity contribution in [1.82, 2.24) is 30.2 Å². The minimum absolute atomic E-state index is 0.193. The van der Waals surface area contributed by atoms with E-state index in [0.29, 0.717) is 48.2 Å². The predicted molar refractivity (Wildman–Crippen MR) is 204 cm³/mol. The maximum absolute atomic E-state index is 14.6. The number of aromatic nitrogens is 2. The van der Waals surface area contributed by atoms with Crippen LogP contribution in [0.25, 0.3) is 11.0 Å². The summed E-state index contributed by atoms with van der Waals surface area (Å²) in [6.07, 6.45) is 0.503. The van der Waals surface area contributed by atoms with Gasteiger partial charge in [-0.25, -0.2) is 32.0 Å². The van der Waals surface area contributed by atoms with Crippen molar-refractivity contribution in [2.24, 2.45) is 23.2 Å². The van der Waals surface area contributed by atoms with Crippen molar-refractivity contribution in [3.8, 4) is 11.6 Å². The molecule has 2 aromatic rings. The first-order valence-electron chi connectivity index (χ1n) is 19.7. The molecule has 0 saturated heterocycles. The van der Waals surface area contributed by atoms with Gasteiger partial charge in [-0.3, -0.25) is 19.1 Å². The number of amides is 4. The Balaban J connectivity index is 1.35. The third-order valence-electron chi connectivity index (χ3n) is 11.5. The molecule has 4 amide bonds. The molecular weight excluding hydrogens is 767 g/mol. The van der Waals surface area contributed by atoms with Crippen molar-refractivity contribution < 1.29 is 50.6 Å². The predicted octanol–water partition coefficient (Wildman–Crippen LogP) is 4.26. The summed E-state index contributed by atoms with van der Waals surface area (Å²) in [4.78, 5) is 66.6. The zero-order valence-electron chi connectivity index (χ0n) is 33.3. The smallest absolute Gasteiger partial charge is 0.408 e. The number of sulfonamides is 1. The van der Waals surface area contributed by atoms with Gasteiger partial charge >= 0.3 is 6.09 Å². The van der Waals surface area contributed by atoms with E-state index in [2.05, 4.69) is 10.6 Å². The van der Waals surface area contributed by atoms with Crippen LogP contribution >= 0.6 is 0 Å². The number of alkyl carbamates (subject to hydrolysis) is 1. The molecule has 4 aliphatic rings. The van der Waals surface area contributed by atoms with Gasteiger partial charge in [-0.15, -0.1) is 0 Å². The van der Waals surface area contributed by atoms with Crippen LogP contribution in [0.3, 0.4) is 0 Å². The number of halogens is 2. The second-order valence-corrected chi connectivity index (χ2v) is 19.1. The Labute approximate surface area is 331 Å². The van der Waals surface area contributed by atoms with Gasteiger partial charge in [-0.2, -0.15) is 0 Å². The van der Waals surface area contributed by atoms with Crippen LogP contribution in [0.4, 0.5) is 13.6 Å². The minimum Gasteiger partial charge on any atom is -0.497 e. The van der Waals surface area contributed by atoms with E-state index in [-0.39, 0.29) is 30.9 Å². The molecule has 3 fully saturated rings. The third-order valence-corrected chi connectivity index (χ3v) is 13.3. The molecule has 1 aliphatic heterocycles. The van der Waals surface area contributed by atoms with Crippen molar-refractivity contribution in [3.05, 3.63) is 23.9 Å². The maximum Gasteiger partial charge on any atom is 0.408 e. The lowest BCUT2D eigenvalue weighted by molar-refractivity contribution is -0.145. The molecule has 15 nitrogen and oxygen atoms in total. The molecule has 0 radical (unpaired) electrons. The molecule has 3 N–H and O–H groups in total. The lowest BCUT2D eigenvalue weighted by Crippen LogP contribution is -2.62. The first kappa shape index (κ1) is 42.3. The van der Waals surface area contributed by atoms with Gasteiger partial charge in [-0.1, -0.05) is 40.5 Å². The van der Waals surface area contributed by atoms with Crippen molar-refractivity contribution in [3.63, 3.8) is 0 Å². The highest BCUT2D eigenvalue weighted by atomic mass is 32.2. The minimum atomic E-state index is -4.09. The number of hydrogen-bond donors (Lipinski definition) is 3. The van der Waals surface area contributed by atoms with Crippen LogP contribution in [0, 0.1) is 23.2 Å². The number of methoxy groups -OCH3 is 1. The number of carbonyl (C=O) groups is 4.